The van der Waals surface area contributed by atoms with Crippen molar-refractivity contribution in [2.45, 2.75) is 452 Å². The summed E-state index contributed by atoms with van der Waals surface area (Å²) in [6.07, 6.45) is 62.4. The van der Waals surface area contributed by atoms with Crippen LogP contribution in [0.25, 0.3) is 0 Å². The Morgan fingerprint density at radius 2 is 0.500 bits per heavy atom. The molecule has 0 aliphatic carbocycles. The second kappa shape index (κ2) is 73.2. The summed E-state index contributed by atoms with van der Waals surface area (Å²) in [5, 5.41) is 10.7. The van der Waals surface area contributed by atoms with Crippen LogP contribution in [0.1, 0.15) is 434 Å². The Morgan fingerprint density at radius 1 is 0.284 bits per heavy atom. The first kappa shape index (κ1) is 100. The first-order valence-corrected chi connectivity index (χ1v) is 45.9. The minimum absolute atomic E-state index is 0.107. The molecule has 0 fully saturated rings. The fourth-order valence-electron chi connectivity index (χ4n) is 12.8. The minimum Gasteiger partial charge on any atom is -0.462 e. The van der Waals surface area contributed by atoms with Crippen molar-refractivity contribution in [2.75, 3.05) is 39.6 Å². The summed E-state index contributed by atoms with van der Waals surface area (Å²) >= 11 is 0. The summed E-state index contributed by atoms with van der Waals surface area (Å²) in [7, 11) is -9.92. The van der Waals surface area contributed by atoms with Crippen LogP contribution >= 0.6 is 15.6 Å². The number of carbonyl (C=O) groups excluding carboxylic acids is 4. The number of hydrogen-bond acceptors (Lipinski definition) is 15. The molecule has 19 heteroatoms. The van der Waals surface area contributed by atoms with E-state index < -0.39 is 97.5 Å². The van der Waals surface area contributed by atoms with Crippen LogP contribution in [0, 0.1) is 17.8 Å². The van der Waals surface area contributed by atoms with Crippen LogP contribution in [-0.2, 0) is 65.4 Å². The van der Waals surface area contributed by atoms with Gasteiger partial charge in [0.2, 0.25) is 0 Å². The lowest BCUT2D eigenvalue weighted by atomic mass is 9.99. The predicted octanol–water partition coefficient (Wildman–Crippen LogP) is 24.9. The number of aliphatic hydroxyl groups excluding tert-OH is 1. The van der Waals surface area contributed by atoms with Crippen LogP contribution in [0.3, 0.4) is 0 Å². The summed E-state index contributed by atoms with van der Waals surface area (Å²) in [5.74, 6) is 0.284. The van der Waals surface area contributed by atoms with Crippen LogP contribution in [0.5, 0.6) is 0 Å². The number of carbonyl (C=O) groups is 4. The monoisotopic (exact) mass is 1490 g/mol. The molecule has 3 N–H and O–H groups in total. The third kappa shape index (κ3) is 73.6. The number of phosphoric acid groups is 2. The average Bonchev–Trinajstić information content (AvgIpc) is 0.920. The molecule has 17 nitrogen and oxygen atoms in total. The van der Waals surface area contributed by atoms with Gasteiger partial charge in [-0.15, -0.1) is 0 Å². The third-order valence-electron chi connectivity index (χ3n) is 20.1. The standard InChI is InChI=1S/C83H162O17P2/c1-8-11-12-13-14-15-16-17-27-33-38-43-52-59-66-83(88)100-79(71-94-81(86)65-58-51-46-45-49-56-63-76(7)10-3)73-98-102(91,92)96-69-77(84)68-95-101(89,90)97-72-78(70-93-80(85)64-57-50-42-37-32-29-24-25-30-35-40-47-54-61-74(4)5)99-82(87)67-60-53-44-39-34-28-23-21-19-18-20-22-26-31-36-41-48-55-62-75(6)9-2/h74-79,84H,8-73H2,1-7H3,(H,89,90)(H,91,92)/t75?,76?,77-,78-,79-/m1/s1. The van der Waals surface area contributed by atoms with E-state index in [1.165, 1.54) is 238 Å². The van der Waals surface area contributed by atoms with E-state index in [0.29, 0.717) is 25.7 Å². The smallest absolute Gasteiger partial charge is 0.462 e. The Morgan fingerprint density at radius 3 is 0.745 bits per heavy atom. The maximum atomic E-state index is 13.1. The highest BCUT2D eigenvalue weighted by molar-refractivity contribution is 7.47. The number of hydrogen-bond donors (Lipinski definition) is 3. The second-order valence-electron chi connectivity index (χ2n) is 30.8. The van der Waals surface area contributed by atoms with E-state index in [2.05, 4.69) is 48.5 Å². The van der Waals surface area contributed by atoms with Gasteiger partial charge in [-0.3, -0.25) is 37.3 Å². The van der Waals surface area contributed by atoms with Crippen molar-refractivity contribution >= 4 is 39.5 Å². The SMILES string of the molecule is CCCCCCCCCCCCCCCCC(=O)O[C@H](COC(=O)CCCCCCCCC(C)CC)COP(=O)(O)OC[C@H](O)COP(=O)(O)OC[C@@H](COC(=O)CCCCCCCCCCCCCCCC(C)C)OC(=O)CCCCCCCCCCCCCCCCCCCCC(C)CC. The molecular formula is C83H162O17P2. The molecule has 0 aliphatic rings. The number of ether oxygens (including phenoxy) is 4. The maximum Gasteiger partial charge on any atom is 0.472 e. The molecule has 0 radical (unpaired) electrons. The molecule has 0 bridgehead atoms. The molecule has 102 heavy (non-hydrogen) atoms. The summed E-state index contributed by atoms with van der Waals surface area (Å²) in [4.78, 5) is 73.1. The zero-order chi connectivity index (χ0) is 75.1. The molecule has 0 aliphatic heterocycles. The van der Waals surface area contributed by atoms with Gasteiger partial charge in [-0.05, 0) is 43.4 Å². The maximum absolute atomic E-state index is 13.1. The molecule has 7 atom stereocenters. The van der Waals surface area contributed by atoms with Gasteiger partial charge < -0.3 is 33.8 Å². The lowest BCUT2D eigenvalue weighted by Crippen LogP contribution is -2.30. The number of unbranched alkanes of at least 4 members (excludes halogenated alkanes) is 47. The van der Waals surface area contributed by atoms with E-state index in [4.69, 9.17) is 37.0 Å². The van der Waals surface area contributed by atoms with Crippen molar-refractivity contribution in [1.82, 2.24) is 0 Å². The molecule has 4 unspecified atom stereocenters. The first-order chi connectivity index (χ1) is 49.3. The molecule has 0 amide bonds. The lowest BCUT2D eigenvalue weighted by molar-refractivity contribution is -0.161. The minimum atomic E-state index is -4.96. The average molecular weight is 1490 g/mol. The molecule has 0 rings (SSSR count). The molecular weight excluding hydrogens is 1330 g/mol. The molecule has 0 aromatic heterocycles. The van der Waals surface area contributed by atoms with Gasteiger partial charge in [0, 0.05) is 25.7 Å². The highest BCUT2D eigenvalue weighted by Gasteiger charge is 2.30. The summed E-state index contributed by atoms with van der Waals surface area (Å²) in [5.41, 5.74) is 0. The number of rotatable bonds is 81. The van der Waals surface area contributed by atoms with E-state index in [1.807, 2.05) is 0 Å². The van der Waals surface area contributed by atoms with Crippen molar-refractivity contribution < 1.29 is 80.2 Å². The first-order valence-electron chi connectivity index (χ1n) is 42.9. The lowest BCUT2D eigenvalue weighted by Gasteiger charge is -2.21. The van der Waals surface area contributed by atoms with Crippen molar-refractivity contribution in [3.8, 4) is 0 Å². The van der Waals surface area contributed by atoms with Gasteiger partial charge >= 0.3 is 39.5 Å². The van der Waals surface area contributed by atoms with E-state index in [1.54, 1.807) is 0 Å². The van der Waals surface area contributed by atoms with E-state index in [-0.39, 0.29) is 25.7 Å². The highest BCUT2D eigenvalue weighted by atomic mass is 31.2. The zero-order valence-corrected chi connectivity index (χ0v) is 68.9. The van der Waals surface area contributed by atoms with E-state index >= 15 is 0 Å². The Kier molecular flexibility index (Phi) is 71.8. The van der Waals surface area contributed by atoms with Crippen molar-refractivity contribution in [1.29, 1.82) is 0 Å². The van der Waals surface area contributed by atoms with Gasteiger partial charge in [0.1, 0.15) is 19.3 Å². The summed E-state index contributed by atoms with van der Waals surface area (Å²) in [6, 6.07) is 0. The molecule has 0 aromatic carbocycles. The third-order valence-corrected chi connectivity index (χ3v) is 22.0. The highest BCUT2D eigenvalue weighted by Crippen LogP contribution is 2.45. The zero-order valence-electron chi connectivity index (χ0n) is 67.1. The number of esters is 4. The molecule has 0 aromatic rings. The molecule has 0 saturated heterocycles. The topological polar surface area (TPSA) is 237 Å². The number of aliphatic hydroxyl groups is 1. The molecule has 606 valence electrons. The van der Waals surface area contributed by atoms with Gasteiger partial charge in [-0.25, -0.2) is 9.13 Å². The van der Waals surface area contributed by atoms with Crippen LogP contribution < -0.4 is 0 Å². The largest absolute Gasteiger partial charge is 0.472 e. The van der Waals surface area contributed by atoms with Crippen LogP contribution in [-0.4, -0.2) is 96.7 Å². The Bertz CT molecular complexity index is 1980. The van der Waals surface area contributed by atoms with E-state index in [0.717, 1.165) is 114 Å². The van der Waals surface area contributed by atoms with E-state index in [9.17, 15) is 43.2 Å². The van der Waals surface area contributed by atoms with Crippen molar-refractivity contribution in [2.24, 2.45) is 17.8 Å². The normalized spacial score (nSPS) is 14.5. The summed E-state index contributed by atoms with van der Waals surface area (Å²) in [6.45, 7) is 12.0. The van der Waals surface area contributed by atoms with Crippen LogP contribution in [0.2, 0.25) is 0 Å². The predicted molar refractivity (Wildman–Crippen MR) is 418 cm³/mol. The molecule has 0 spiro atoms. The van der Waals surface area contributed by atoms with Crippen molar-refractivity contribution in [3.05, 3.63) is 0 Å². The van der Waals surface area contributed by atoms with Gasteiger partial charge in [0.15, 0.2) is 12.2 Å². The Hall–Kier alpha value is -1.94. The van der Waals surface area contributed by atoms with Gasteiger partial charge in [-0.1, -0.05) is 382 Å². The van der Waals surface area contributed by atoms with Gasteiger partial charge in [-0.2, -0.15) is 0 Å². The summed E-state index contributed by atoms with van der Waals surface area (Å²) < 4.78 is 68.8. The fourth-order valence-corrected chi connectivity index (χ4v) is 14.4. The van der Waals surface area contributed by atoms with Crippen LogP contribution in [0.15, 0.2) is 0 Å². The quantitative estimate of drug-likeness (QED) is 0.0222. The van der Waals surface area contributed by atoms with Gasteiger partial charge in [0.25, 0.3) is 0 Å². The Labute approximate surface area is 626 Å². The molecule has 0 saturated carbocycles. The number of phosphoric ester groups is 2. The van der Waals surface area contributed by atoms with Gasteiger partial charge in [0.05, 0.1) is 26.4 Å². The Balaban J connectivity index is 5.22. The van der Waals surface area contributed by atoms with Crippen molar-refractivity contribution in [3.63, 3.8) is 0 Å². The van der Waals surface area contributed by atoms with Crippen LogP contribution in [0.4, 0.5) is 0 Å². The second-order valence-corrected chi connectivity index (χ2v) is 33.7. The fraction of sp³-hybridized carbons (Fsp3) is 0.952. The molecule has 0 heterocycles.